The van der Waals surface area contributed by atoms with Gasteiger partial charge in [0.15, 0.2) is 5.96 Å². The molecule has 2 rings (SSSR count). The number of hydrogen-bond acceptors (Lipinski definition) is 3. The van der Waals surface area contributed by atoms with E-state index in [1.807, 2.05) is 7.05 Å². The fraction of sp³-hybridized carbons (Fsp3) is 0.952. The first-order valence-electron chi connectivity index (χ1n) is 10.8. The number of piperidine rings is 1. The molecule has 26 heavy (non-hydrogen) atoms. The molecule has 1 saturated heterocycles. The van der Waals surface area contributed by atoms with E-state index in [2.05, 4.69) is 27.4 Å². The summed E-state index contributed by atoms with van der Waals surface area (Å²) < 4.78 is 5.33. The highest BCUT2D eigenvalue weighted by atomic mass is 16.5. The first kappa shape index (κ1) is 21.5. The van der Waals surface area contributed by atoms with E-state index in [4.69, 9.17) is 4.74 Å². The summed E-state index contributed by atoms with van der Waals surface area (Å²) in [5.41, 5.74) is 0.402. The molecule has 0 atom stereocenters. The zero-order valence-corrected chi connectivity index (χ0v) is 17.5. The molecule has 0 unspecified atom stereocenters. The Balaban J connectivity index is 1.58. The Bertz CT molecular complexity index is 399. The molecule has 2 N–H and O–H groups in total. The number of likely N-dealkylation sites (tertiary alicyclic amines) is 1. The second-order valence-corrected chi connectivity index (χ2v) is 8.53. The number of nitrogens with one attached hydrogen (secondary N) is 2. The summed E-state index contributed by atoms with van der Waals surface area (Å²) in [6.45, 7) is 9.11. The molecule has 0 aromatic heterocycles. The van der Waals surface area contributed by atoms with Crippen molar-refractivity contribution in [3.63, 3.8) is 0 Å². The predicted molar refractivity (Wildman–Crippen MR) is 111 cm³/mol. The van der Waals surface area contributed by atoms with Crippen molar-refractivity contribution in [1.82, 2.24) is 15.5 Å². The third-order valence-corrected chi connectivity index (χ3v) is 6.42. The number of nitrogens with zero attached hydrogens (tertiary/aromatic N) is 2. The lowest BCUT2D eigenvalue weighted by Gasteiger charge is -2.30. The molecule has 2 fully saturated rings. The number of ether oxygens (including phenoxy) is 1. The van der Waals surface area contributed by atoms with Gasteiger partial charge in [-0.2, -0.15) is 0 Å². The van der Waals surface area contributed by atoms with E-state index >= 15 is 0 Å². The first-order chi connectivity index (χ1) is 12.7. The van der Waals surface area contributed by atoms with Crippen LogP contribution in [-0.4, -0.2) is 64.3 Å². The van der Waals surface area contributed by atoms with E-state index in [9.17, 15) is 0 Å². The van der Waals surface area contributed by atoms with Crippen LogP contribution >= 0.6 is 0 Å². The average Bonchev–Trinajstić information content (AvgIpc) is 3.13. The highest BCUT2D eigenvalue weighted by Crippen LogP contribution is 2.40. The van der Waals surface area contributed by atoms with Gasteiger partial charge >= 0.3 is 0 Å². The minimum absolute atomic E-state index is 0.402. The van der Waals surface area contributed by atoms with Crippen LogP contribution in [0.4, 0.5) is 0 Å². The predicted octanol–water partition coefficient (Wildman–Crippen LogP) is 3.26. The molecule has 0 aromatic rings. The second kappa shape index (κ2) is 11.8. The molecule has 5 nitrogen and oxygen atoms in total. The van der Waals surface area contributed by atoms with Crippen molar-refractivity contribution in [3.8, 4) is 0 Å². The minimum Gasteiger partial charge on any atom is -0.385 e. The van der Waals surface area contributed by atoms with Gasteiger partial charge < -0.3 is 20.3 Å². The lowest BCUT2D eigenvalue weighted by atomic mass is 9.83. The van der Waals surface area contributed by atoms with Crippen LogP contribution < -0.4 is 10.6 Å². The van der Waals surface area contributed by atoms with Crippen molar-refractivity contribution in [2.24, 2.45) is 16.3 Å². The van der Waals surface area contributed by atoms with Crippen molar-refractivity contribution >= 4 is 5.96 Å². The van der Waals surface area contributed by atoms with Crippen LogP contribution in [-0.2, 0) is 4.74 Å². The summed E-state index contributed by atoms with van der Waals surface area (Å²) in [5.74, 6) is 1.88. The molecule has 0 bridgehead atoms. The third-order valence-electron chi connectivity index (χ3n) is 6.42. The molecule has 0 aromatic carbocycles. The Morgan fingerprint density at radius 1 is 1.15 bits per heavy atom. The summed E-state index contributed by atoms with van der Waals surface area (Å²) in [4.78, 5) is 7.04. The van der Waals surface area contributed by atoms with Crippen LogP contribution in [0.3, 0.4) is 0 Å². The topological polar surface area (TPSA) is 48.9 Å². The van der Waals surface area contributed by atoms with Gasteiger partial charge in [-0.3, -0.25) is 4.99 Å². The summed E-state index contributed by atoms with van der Waals surface area (Å²) in [5, 5.41) is 7.08. The van der Waals surface area contributed by atoms with Gasteiger partial charge in [0.05, 0.1) is 0 Å². The molecule has 0 amide bonds. The van der Waals surface area contributed by atoms with Crippen molar-refractivity contribution in [2.45, 2.75) is 64.7 Å². The maximum atomic E-state index is 5.33. The molecule has 1 saturated carbocycles. The Hall–Kier alpha value is -0.810. The lowest BCUT2D eigenvalue weighted by molar-refractivity contribution is 0.138. The van der Waals surface area contributed by atoms with Crippen molar-refractivity contribution in [2.75, 3.05) is 53.5 Å². The Morgan fingerprint density at radius 2 is 1.88 bits per heavy atom. The fourth-order valence-electron chi connectivity index (χ4n) is 4.40. The van der Waals surface area contributed by atoms with Crippen molar-refractivity contribution in [1.29, 1.82) is 0 Å². The fourth-order valence-corrected chi connectivity index (χ4v) is 4.40. The van der Waals surface area contributed by atoms with Crippen LogP contribution in [0.25, 0.3) is 0 Å². The van der Waals surface area contributed by atoms with Crippen LogP contribution in [0.15, 0.2) is 4.99 Å². The van der Waals surface area contributed by atoms with Gasteiger partial charge in [-0.25, -0.2) is 0 Å². The van der Waals surface area contributed by atoms with Crippen LogP contribution in [0, 0.1) is 11.3 Å². The standard InChI is InChI=1S/C21H42N4O/c1-19-8-15-25(16-9-19)14-7-6-13-23-20(22-2)24-18-21(12-17-26-3)10-4-5-11-21/h19H,4-18H2,1-3H3,(H2,22,23,24). The number of hydrogen-bond donors (Lipinski definition) is 2. The number of rotatable bonds is 10. The number of methoxy groups -OCH3 is 1. The van der Waals surface area contributed by atoms with E-state index in [1.165, 1.54) is 71.0 Å². The molecular weight excluding hydrogens is 324 g/mol. The Kier molecular flexibility index (Phi) is 9.76. The number of guanidine groups is 1. The van der Waals surface area contributed by atoms with Gasteiger partial charge in [-0.1, -0.05) is 19.8 Å². The van der Waals surface area contributed by atoms with Crippen LogP contribution in [0.2, 0.25) is 0 Å². The zero-order chi connectivity index (χ0) is 18.7. The summed E-state index contributed by atoms with van der Waals surface area (Å²) in [6.07, 6.45) is 11.7. The quantitative estimate of drug-likeness (QED) is 0.354. The lowest BCUT2D eigenvalue weighted by Crippen LogP contribution is -2.43. The van der Waals surface area contributed by atoms with E-state index < -0.39 is 0 Å². The number of unbranched alkanes of at least 4 members (excludes halogenated alkanes) is 1. The normalized spacial score (nSPS) is 21.9. The summed E-state index contributed by atoms with van der Waals surface area (Å²) in [6, 6.07) is 0. The Labute approximate surface area is 161 Å². The molecule has 0 spiro atoms. The SMILES string of the molecule is CN=C(NCCCCN1CCC(C)CC1)NCC1(CCOC)CCCC1. The van der Waals surface area contributed by atoms with Gasteiger partial charge in [0, 0.05) is 33.9 Å². The van der Waals surface area contributed by atoms with E-state index in [-0.39, 0.29) is 0 Å². The van der Waals surface area contributed by atoms with Gasteiger partial charge in [0.1, 0.15) is 0 Å². The number of aliphatic imine (C=N–C) groups is 1. The molecule has 2 aliphatic rings. The maximum Gasteiger partial charge on any atom is 0.190 e. The molecule has 1 aliphatic carbocycles. The second-order valence-electron chi connectivity index (χ2n) is 8.53. The van der Waals surface area contributed by atoms with E-state index in [0.29, 0.717) is 5.41 Å². The molecule has 5 heteroatoms. The molecule has 152 valence electrons. The van der Waals surface area contributed by atoms with Gasteiger partial charge in [0.25, 0.3) is 0 Å². The smallest absolute Gasteiger partial charge is 0.190 e. The zero-order valence-electron chi connectivity index (χ0n) is 17.5. The van der Waals surface area contributed by atoms with Crippen molar-refractivity contribution < 1.29 is 4.74 Å². The molecule has 1 aliphatic heterocycles. The van der Waals surface area contributed by atoms with Gasteiger partial charge in [-0.15, -0.1) is 0 Å². The van der Waals surface area contributed by atoms with Crippen molar-refractivity contribution in [3.05, 3.63) is 0 Å². The van der Waals surface area contributed by atoms with Crippen LogP contribution in [0.5, 0.6) is 0 Å². The minimum atomic E-state index is 0.402. The molecule has 1 heterocycles. The third kappa shape index (κ3) is 7.43. The highest BCUT2D eigenvalue weighted by molar-refractivity contribution is 5.79. The summed E-state index contributed by atoms with van der Waals surface area (Å²) >= 11 is 0. The van der Waals surface area contributed by atoms with Gasteiger partial charge in [-0.05, 0) is 75.9 Å². The van der Waals surface area contributed by atoms with Gasteiger partial charge in [0.2, 0.25) is 0 Å². The van der Waals surface area contributed by atoms with Crippen LogP contribution in [0.1, 0.15) is 64.7 Å². The summed E-state index contributed by atoms with van der Waals surface area (Å²) in [7, 11) is 3.68. The van der Waals surface area contributed by atoms with E-state index in [1.54, 1.807) is 7.11 Å². The Morgan fingerprint density at radius 3 is 2.54 bits per heavy atom. The highest BCUT2D eigenvalue weighted by Gasteiger charge is 2.33. The molecular formula is C21H42N4O. The maximum absolute atomic E-state index is 5.33. The average molecular weight is 367 g/mol. The monoisotopic (exact) mass is 366 g/mol. The molecule has 0 radical (unpaired) electrons. The van der Waals surface area contributed by atoms with E-state index in [0.717, 1.165) is 38.0 Å². The first-order valence-corrected chi connectivity index (χ1v) is 10.8. The largest absolute Gasteiger partial charge is 0.385 e.